The Bertz CT molecular complexity index is 897. The minimum atomic E-state index is -0.547. The fraction of sp³-hybridized carbons (Fsp3) is 0.360. The monoisotopic (exact) mass is 408 g/mol. The fourth-order valence-electron chi connectivity index (χ4n) is 3.58. The number of aliphatic hydroxyl groups excluding tert-OH is 1. The van der Waals surface area contributed by atoms with Gasteiger partial charge in [-0.25, -0.2) is 0 Å². The molecule has 1 aliphatic carbocycles. The summed E-state index contributed by atoms with van der Waals surface area (Å²) in [5.41, 5.74) is 2.37. The highest BCUT2D eigenvalue weighted by atomic mass is 32.2. The van der Waals surface area contributed by atoms with Crippen LogP contribution in [0.1, 0.15) is 66.4 Å². The third-order valence-corrected chi connectivity index (χ3v) is 6.40. The summed E-state index contributed by atoms with van der Waals surface area (Å²) in [5, 5.41) is 10.4. The van der Waals surface area contributed by atoms with Gasteiger partial charge in [-0.2, -0.15) is 0 Å². The topological polar surface area (TPSA) is 54.4 Å². The van der Waals surface area contributed by atoms with Gasteiger partial charge in [-0.05, 0) is 44.1 Å². The zero-order valence-corrected chi connectivity index (χ0v) is 17.8. The van der Waals surface area contributed by atoms with Crippen molar-refractivity contribution < 1.29 is 14.7 Å². The minimum Gasteiger partial charge on any atom is -0.507 e. The van der Waals surface area contributed by atoms with E-state index in [-0.39, 0.29) is 11.3 Å². The molecule has 4 heteroatoms. The van der Waals surface area contributed by atoms with Crippen LogP contribution in [0.2, 0.25) is 0 Å². The predicted molar refractivity (Wildman–Crippen MR) is 120 cm³/mol. The van der Waals surface area contributed by atoms with Crippen LogP contribution in [0.5, 0.6) is 0 Å². The van der Waals surface area contributed by atoms with Gasteiger partial charge in [0.05, 0.1) is 0 Å². The number of benzene rings is 2. The van der Waals surface area contributed by atoms with E-state index in [1.807, 2.05) is 11.8 Å². The smallest absolute Gasteiger partial charge is 0.234 e. The van der Waals surface area contributed by atoms with E-state index in [0.29, 0.717) is 17.5 Å². The van der Waals surface area contributed by atoms with E-state index in [1.165, 1.54) is 29.7 Å². The molecule has 0 spiro atoms. The van der Waals surface area contributed by atoms with Gasteiger partial charge in [0.2, 0.25) is 11.6 Å². The number of hydrogen-bond acceptors (Lipinski definition) is 4. The molecule has 0 bridgehead atoms. The molecule has 0 radical (unpaired) electrons. The number of hydrogen-bond donors (Lipinski definition) is 1. The number of fused-ring (bicyclic) bond motifs is 1. The Balaban J connectivity index is 1.34. The molecule has 2 aromatic carbocycles. The number of rotatable bonds is 10. The highest BCUT2D eigenvalue weighted by molar-refractivity contribution is 7.99. The molecule has 29 heavy (non-hydrogen) atoms. The molecule has 152 valence electrons. The summed E-state index contributed by atoms with van der Waals surface area (Å²) in [6.45, 7) is 2.10. The van der Waals surface area contributed by atoms with Gasteiger partial charge >= 0.3 is 0 Å². The maximum absolute atomic E-state index is 12.3. The summed E-state index contributed by atoms with van der Waals surface area (Å²) in [7, 11) is 0. The molecular formula is C25H28O3S. The number of Topliss-reactive ketones (excluding diaryl/α,β-unsaturated/α-hetero) is 2. The number of unbranched alkanes of at least 4 members (excludes halogenated alkanes) is 5. The van der Waals surface area contributed by atoms with Crippen LogP contribution < -0.4 is 0 Å². The lowest BCUT2D eigenvalue weighted by Crippen LogP contribution is -2.24. The molecule has 1 aliphatic rings. The van der Waals surface area contributed by atoms with Crippen molar-refractivity contribution in [1.29, 1.82) is 0 Å². The highest BCUT2D eigenvalue weighted by Crippen LogP contribution is 2.30. The number of thioether (sulfide) groups is 1. The Labute approximate surface area is 177 Å². The zero-order valence-electron chi connectivity index (χ0n) is 16.9. The van der Waals surface area contributed by atoms with E-state index in [9.17, 15) is 14.7 Å². The van der Waals surface area contributed by atoms with E-state index < -0.39 is 11.6 Å². The molecule has 3 rings (SSSR count). The van der Waals surface area contributed by atoms with Crippen LogP contribution in [0.25, 0.3) is 5.76 Å². The van der Waals surface area contributed by atoms with E-state index in [4.69, 9.17) is 0 Å². The van der Waals surface area contributed by atoms with Crippen LogP contribution >= 0.6 is 11.8 Å². The Kier molecular flexibility index (Phi) is 7.70. The molecule has 0 amide bonds. The first-order valence-corrected chi connectivity index (χ1v) is 11.4. The van der Waals surface area contributed by atoms with Crippen LogP contribution in [0.3, 0.4) is 0 Å². The van der Waals surface area contributed by atoms with Crippen LogP contribution in [-0.2, 0) is 4.79 Å². The first-order valence-electron chi connectivity index (χ1n) is 10.4. The molecule has 0 saturated heterocycles. The van der Waals surface area contributed by atoms with Crippen LogP contribution in [-0.4, -0.2) is 22.4 Å². The second-order valence-electron chi connectivity index (χ2n) is 7.56. The average molecular weight is 409 g/mol. The van der Waals surface area contributed by atoms with Crippen molar-refractivity contribution in [3.8, 4) is 0 Å². The van der Waals surface area contributed by atoms with Gasteiger partial charge in [0.15, 0.2) is 0 Å². The molecule has 0 heterocycles. The third kappa shape index (κ3) is 5.60. The molecule has 3 nitrogen and oxygen atoms in total. The molecule has 0 aliphatic heterocycles. The molecule has 0 aromatic heterocycles. The number of allylic oxidation sites excluding steroid dienone is 1. The van der Waals surface area contributed by atoms with Crippen molar-refractivity contribution in [2.24, 2.45) is 0 Å². The largest absolute Gasteiger partial charge is 0.507 e. The predicted octanol–water partition coefficient (Wildman–Crippen LogP) is 6.55. The molecule has 0 atom stereocenters. The molecule has 2 aromatic rings. The maximum atomic E-state index is 12.3. The van der Waals surface area contributed by atoms with Gasteiger partial charge < -0.3 is 5.11 Å². The standard InChI is InChI=1S/C25H28O3S/c1-18-13-15-19(16-14-18)29-17-9-5-3-2-4-6-12-22-23(26)20-10-7-8-11-21(20)24(27)25(22)28/h7-8,10-11,13-16,26H,2-6,9,12,17H2,1H3. The van der Waals surface area contributed by atoms with Crippen molar-refractivity contribution in [1.82, 2.24) is 0 Å². The SMILES string of the molecule is Cc1ccc(SCCCCCCCCC2=C(O)c3ccccc3C(=O)C2=O)cc1. The Morgan fingerprint density at radius 1 is 0.759 bits per heavy atom. The fourth-order valence-corrected chi connectivity index (χ4v) is 4.50. The Hall–Kier alpha value is -2.33. The van der Waals surface area contributed by atoms with E-state index in [2.05, 4.69) is 31.2 Å². The number of aryl methyl sites for hydroxylation is 1. The van der Waals surface area contributed by atoms with Crippen LogP contribution in [0.4, 0.5) is 0 Å². The van der Waals surface area contributed by atoms with Crippen molar-refractivity contribution in [2.75, 3.05) is 5.75 Å². The van der Waals surface area contributed by atoms with Crippen molar-refractivity contribution in [3.05, 3.63) is 70.8 Å². The van der Waals surface area contributed by atoms with Gasteiger partial charge in [0.25, 0.3) is 0 Å². The van der Waals surface area contributed by atoms with E-state index in [1.54, 1.807) is 24.3 Å². The van der Waals surface area contributed by atoms with Crippen LogP contribution in [0.15, 0.2) is 59.0 Å². The highest BCUT2D eigenvalue weighted by Gasteiger charge is 2.31. The summed E-state index contributed by atoms with van der Waals surface area (Å²) in [6, 6.07) is 15.4. The van der Waals surface area contributed by atoms with Crippen molar-refractivity contribution in [2.45, 2.75) is 56.8 Å². The third-order valence-electron chi connectivity index (χ3n) is 5.30. The number of carbonyl (C=O) groups is 2. The first-order chi connectivity index (χ1) is 14.1. The lowest BCUT2D eigenvalue weighted by Gasteiger charge is -2.17. The maximum Gasteiger partial charge on any atom is 0.234 e. The number of ketones is 2. The number of carbonyl (C=O) groups excluding carboxylic acids is 2. The average Bonchev–Trinajstić information content (AvgIpc) is 2.74. The summed E-state index contributed by atoms with van der Waals surface area (Å²) in [4.78, 5) is 25.9. The summed E-state index contributed by atoms with van der Waals surface area (Å²) in [5.74, 6) is 0.0759. The van der Waals surface area contributed by atoms with Gasteiger partial charge in [-0.3, -0.25) is 9.59 Å². The molecule has 0 saturated carbocycles. The lowest BCUT2D eigenvalue weighted by atomic mass is 9.86. The zero-order chi connectivity index (χ0) is 20.6. The number of aliphatic hydroxyl groups is 1. The first kappa shape index (κ1) is 21.4. The Morgan fingerprint density at radius 2 is 1.38 bits per heavy atom. The van der Waals surface area contributed by atoms with Crippen LogP contribution in [0, 0.1) is 6.92 Å². The minimum absolute atomic E-state index is 0.0154. The second kappa shape index (κ2) is 10.4. The molecule has 0 unspecified atom stereocenters. The van der Waals surface area contributed by atoms with Gasteiger partial charge in [0, 0.05) is 21.6 Å². The van der Waals surface area contributed by atoms with E-state index >= 15 is 0 Å². The Morgan fingerprint density at radius 3 is 2.10 bits per heavy atom. The summed E-state index contributed by atoms with van der Waals surface area (Å²) >= 11 is 1.91. The van der Waals surface area contributed by atoms with Gasteiger partial charge in [0.1, 0.15) is 5.76 Å². The molecule has 1 N–H and O–H groups in total. The van der Waals surface area contributed by atoms with Crippen molar-refractivity contribution >= 4 is 29.1 Å². The molecule has 0 fully saturated rings. The summed E-state index contributed by atoms with van der Waals surface area (Å²) < 4.78 is 0. The lowest BCUT2D eigenvalue weighted by molar-refractivity contribution is -0.112. The van der Waals surface area contributed by atoms with Crippen molar-refractivity contribution in [3.63, 3.8) is 0 Å². The second-order valence-corrected chi connectivity index (χ2v) is 8.73. The summed E-state index contributed by atoms with van der Waals surface area (Å²) in [6.07, 6.45) is 6.99. The van der Waals surface area contributed by atoms with Gasteiger partial charge in [-0.15, -0.1) is 11.8 Å². The molecular weight excluding hydrogens is 380 g/mol. The quantitative estimate of drug-likeness (QED) is 0.275. The van der Waals surface area contributed by atoms with Gasteiger partial charge in [-0.1, -0.05) is 67.6 Å². The van der Waals surface area contributed by atoms with E-state index in [0.717, 1.165) is 25.0 Å². The normalized spacial score (nSPS) is 13.7.